The summed E-state index contributed by atoms with van der Waals surface area (Å²) in [5.41, 5.74) is 0.836. The van der Waals surface area contributed by atoms with Crippen LogP contribution in [0.15, 0.2) is 24.3 Å². The molecule has 1 aromatic rings. The molecule has 3 fully saturated rings. The molecule has 0 saturated carbocycles. The van der Waals surface area contributed by atoms with E-state index in [1.54, 1.807) is 12.0 Å². The van der Waals surface area contributed by atoms with Crippen LogP contribution in [0.4, 0.5) is 5.69 Å². The fourth-order valence-electron chi connectivity index (χ4n) is 4.58. The van der Waals surface area contributed by atoms with E-state index in [9.17, 15) is 9.59 Å². The highest BCUT2D eigenvalue weighted by atomic mass is 16.5. The van der Waals surface area contributed by atoms with Gasteiger partial charge in [-0.05, 0) is 62.0 Å². The monoisotopic (exact) mass is 357 g/mol. The molecule has 1 aromatic carbocycles. The molecule has 6 nitrogen and oxygen atoms in total. The van der Waals surface area contributed by atoms with E-state index in [1.807, 2.05) is 29.2 Å². The first-order valence-corrected chi connectivity index (χ1v) is 9.59. The second-order valence-corrected chi connectivity index (χ2v) is 7.68. The van der Waals surface area contributed by atoms with Crippen LogP contribution >= 0.6 is 0 Å². The van der Waals surface area contributed by atoms with Gasteiger partial charge in [0.1, 0.15) is 5.75 Å². The molecule has 140 valence electrons. The fraction of sp³-hybridized carbons (Fsp3) is 0.600. The van der Waals surface area contributed by atoms with Crippen molar-refractivity contribution in [2.45, 2.75) is 19.3 Å². The van der Waals surface area contributed by atoms with Gasteiger partial charge in [-0.15, -0.1) is 0 Å². The van der Waals surface area contributed by atoms with Crippen LogP contribution < -0.4 is 15.0 Å². The quantitative estimate of drug-likeness (QED) is 0.891. The Morgan fingerprint density at radius 1 is 1.12 bits per heavy atom. The lowest BCUT2D eigenvalue weighted by molar-refractivity contribution is -0.135. The van der Waals surface area contributed by atoms with Crippen molar-refractivity contribution in [3.05, 3.63) is 24.3 Å². The smallest absolute Gasteiger partial charge is 0.228 e. The van der Waals surface area contributed by atoms with Crippen LogP contribution in [-0.4, -0.2) is 56.5 Å². The zero-order chi connectivity index (χ0) is 18.1. The molecule has 0 aliphatic carbocycles. The molecule has 6 heteroatoms. The van der Waals surface area contributed by atoms with Gasteiger partial charge in [0.25, 0.3) is 0 Å². The number of nitrogens with one attached hydrogen (secondary N) is 1. The van der Waals surface area contributed by atoms with Crippen LogP contribution in [-0.2, 0) is 9.59 Å². The van der Waals surface area contributed by atoms with Crippen LogP contribution in [0.2, 0.25) is 0 Å². The van der Waals surface area contributed by atoms with Gasteiger partial charge in [0, 0.05) is 31.7 Å². The van der Waals surface area contributed by atoms with Gasteiger partial charge in [-0.1, -0.05) is 0 Å². The lowest BCUT2D eigenvalue weighted by Gasteiger charge is -2.24. The number of fused-ring (bicyclic) bond motifs is 1. The van der Waals surface area contributed by atoms with E-state index >= 15 is 0 Å². The molecule has 3 atom stereocenters. The van der Waals surface area contributed by atoms with E-state index in [4.69, 9.17) is 4.74 Å². The van der Waals surface area contributed by atoms with Crippen molar-refractivity contribution in [3.8, 4) is 5.75 Å². The Labute approximate surface area is 154 Å². The van der Waals surface area contributed by atoms with Crippen LogP contribution in [0.1, 0.15) is 19.3 Å². The first-order valence-electron chi connectivity index (χ1n) is 9.59. The molecule has 4 rings (SSSR count). The van der Waals surface area contributed by atoms with Crippen molar-refractivity contribution >= 4 is 17.5 Å². The summed E-state index contributed by atoms with van der Waals surface area (Å²) in [6, 6.07) is 7.45. The Hall–Kier alpha value is -2.08. The summed E-state index contributed by atoms with van der Waals surface area (Å²) in [4.78, 5) is 29.2. The number of rotatable bonds is 3. The van der Waals surface area contributed by atoms with Crippen molar-refractivity contribution in [2.75, 3.05) is 44.7 Å². The van der Waals surface area contributed by atoms with Gasteiger partial charge in [0.15, 0.2) is 0 Å². The summed E-state index contributed by atoms with van der Waals surface area (Å²) in [6.45, 7) is 4.30. The number of carbonyl (C=O) groups is 2. The second-order valence-electron chi connectivity index (χ2n) is 7.68. The lowest BCUT2D eigenvalue weighted by atomic mass is 9.92. The van der Waals surface area contributed by atoms with Gasteiger partial charge in [0.05, 0.1) is 13.0 Å². The Kier molecular flexibility index (Phi) is 4.85. The fourth-order valence-corrected chi connectivity index (χ4v) is 4.58. The number of ether oxygens (including phenoxy) is 1. The van der Waals surface area contributed by atoms with Gasteiger partial charge in [-0.3, -0.25) is 9.59 Å². The maximum atomic E-state index is 13.0. The molecule has 2 amide bonds. The Morgan fingerprint density at radius 3 is 2.38 bits per heavy atom. The molecular weight excluding hydrogens is 330 g/mol. The molecule has 26 heavy (non-hydrogen) atoms. The van der Waals surface area contributed by atoms with Gasteiger partial charge in [-0.2, -0.15) is 0 Å². The van der Waals surface area contributed by atoms with E-state index in [0.29, 0.717) is 24.8 Å². The maximum Gasteiger partial charge on any atom is 0.228 e. The van der Waals surface area contributed by atoms with Crippen molar-refractivity contribution in [1.82, 2.24) is 10.2 Å². The normalized spacial score (nSPS) is 28.8. The van der Waals surface area contributed by atoms with Crippen LogP contribution in [0.3, 0.4) is 0 Å². The van der Waals surface area contributed by atoms with Crippen molar-refractivity contribution in [1.29, 1.82) is 0 Å². The van der Waals surface area contributed by atoms with Crippen LogP contribution in [0.5, 0.6) is 5.75 Å². The molecule has 3 aliphatic rings. The Balaban J connectivity index is 1.40. The molecule has 1 unspecified atom stereocenters. The summed E-state index contributed by atoms with van der Waals surface area (Å²) < 4.78 is 5.17. The van der Waals surface area contributed by atoms with Gasteiger partial charge in [-0.25, -0.2) is 0 Å². The number of hydrogen-bond acceptors (Lipinski definition) is 4. The maximum absolute atomic E-state index is 13.0. The molecule has 0 bridgehead atoms. The molecule has 0 aromatic heterocycles. The zero-order valence-electron chi connectivity index (χ0n) is 15.3. The minimum absolute atomic E-state index is 0.0319. The number of amides is 2. The lowest BCUT2D eigenvalue weighted by Crippen LogP contribution is -2.38. The molecule has 3 heterocycles. The van der Waals surface area contributed by atoms with Crippen LogP contribution in [0.25, 0.3) is 0 Å². The van der Waals surface area contributed by atoms with E-state index in [0.717, 1.165) is 50.5 Å². The summed E-state index contributed by atoms with van der Waals surface area (Å²) in [5, 5.41) is 3.47. The number of hydrogen-bond donors (Lipinski definition) is 1. The predicted octanol–water partition coefficient (Wildman–Crippen LogP) is 1.51. The SMILES string of the molecule is COc1ccc(N2CC(C(=O)N3CC[C@@H]4CNC[C@@H]4CC3)CC2=O)cc1. The van der Waals surface area contributed by atoms with E-state index < -0.39 is 0 Å². The van der Waals surface area contributed by atoms with Crippen LogP contribution in [0, 0.1) is 17.8 Å². The first-order chi connectivity index (χ1) is 12.7. The van der Waals surface area contributed by atoms with E-state index in [-0.39, 0.29) is 17.7 Å². The summed E-state index contributed by atoms with van der Waals surface area (Å²) >= 11 is 0. The predicted molar refractivity (Wildman–Crippen MR) is 99.1 cm³/mol. The molecule has 0 radical (unpaired) electrons. The third-order valence-corrected chi connectivity index (χ3v) is 6.19. The molecule has 3 aliphatic heterocycles. The molecule has 0 spiro atoms. The zero-order valence-corrected chi connectivity index (χ0v) is 15.3. The number of anilines is 1. The van der Waals surface area contributed by atoms with Crippen molar-refractivity contribution in [3.63, 3.8) is 0 Å². The number of carbonyl (C=O) groups excluding carboxylic acids is 2. The minimum atomic E-state index is -0.222. The average Bonchev–Trinajstić information content (AvgIpc) is 3.23. The number of likely N-dealkylation sites (tertiary alicyclic amines) is 1. The van der Waals surface area contributed by atoms with Gasteiger partial charge in [0.2, 0.25) is 11.8 Å². The Bertz CT molecular complexity index is 661. The van der Waals surface area contributed by atoms with Gasteiger partial charge < -0.3 is 19.9 Å². The number of nitrogens with zero attached hydrogens (tertiary/aromatic N) is 2. The summed E-state index contributed by atoms with van der Waals surface area (Å²) in [6.07, 6.45) is 2.47. The number of methoxy groups -OCH3 is 1. The standard InChI is InChI=1S/C20H27N3O3/c1-26-18-4-2-17(3-5-18)23-13-16(10-19(23)24)20(25)22-8-6-14-11-21-12-15(14)7-9-22/h2-5,14-16,21H,6-13H2,1H3/t14-,15+,16?. The third kappa shape index (κ3) is 3.30. The topological polar surface area (TPSA) is 61.9 Å². The molecule has 1 N–H and O–H groups in total. The van der Waals surface area contributed by atoms with Gasteiger partial charge >= 0.3 is 0 Å². The van der Waals surface area contributed by atoms with Crippen molar-refractivity contribution < 1.29 is 14.3 Å². The number of benzene rings is 1. The second kappa shape index (κ2) is 7.27. The third-order valence-electron chi connectivity index (χ3n) is 6.19. The summed E-state index contributed by atoms with van der Waals surface area (Å²) in [5.74, 6) is 2.13. The Morgan fingerprint density at radius 2 is 1.77 bits per heavy atom. The molecular formula is C20H27N3O3. The summed E-state index contributed by atoms with van der Waals surface area (Å²) in [7, 11) is 1.62. The highest BCUT2D eigenvalue weighted by molar-refractivity contribution is 6.00. The van der Waals surface area contributed by atoms with E-state index in [2.05, 4.69) is 5.32 Å². The van der Waals surface area contributed by atoms with Crippen molar-refractivity contribution in [2.24, 2.45) is 17.8 Å². The highest BCUT2D eigenvalue weighted by Crippen LogP contribution is 2.31. The largest absolute Gasteiger partial charge is 0.497 e. The highest BCUT2D eigenvalue weighted by Gasteiger charge is 2.39. The average molecular weight is 357 g/mol. The first kappa shape index (κ1) is 17.3. The minimum Gasteiger partial charge on any atom is -0.497 e. The van der Waals surface area contributed by atoms with E-state index in [1.165, 1.54) is 0 Å². The molecule has 3 saturated heterocycles.